The number of ether oxygens (including phenoxy) is 1. The van der Waals surface area contributed by atoms with Gasteiger partial charge >= 0.3 is 0 Å². The van der Waals surface area contributed by atoms with Crippen LogP contribution in [0.25, 0.3) is 0 Å². The maximum absolute atomic E-state index is 5.46. The van der Waals surface area contributed by atoms with Crippen molar-refractivity contribution in [2.45, 2.75) is 45.1 Å². The minimum absolute atomic E-state index is 0.0688. The van der Waals surface area contributed by atoms with Gasteiger partial charge in [0.15, 0.2) is 0 Å². The molecule has 1 atom stereocenters. The van der Waals surface area contributed by atoms with Crippen molar-refractivity contribution in [1.29, 1.82) is 0 Å². The van der Waals surface area contributed by atoms with Crippen molar-refractivity contribution in [3.63, 3.8) is 0 Å². The molecular formula is C18H25NO. The molecule has 0 aromatic heterocycles. The highest BCUT2D eigenvalue weighted by molar-refractivity contribution is 5.58. The van der Waals surface area contributed by atoms with Gasteiger partial charge in [-0.25, -0.2) is 0 Å². The van der Waals surface area contributed by atoms with Crippen molar-refractivity contribution in [3.05, 3.63) is 48.1 Å². The quantitative estimate of drug-likeness (QED) is 0.766. The average molecular weight is 271 g/mol. The summed E-state index contributed by atoms with van der Waals surface area (Å²) in [6.45, 7) is 8.44. The summed E-state index contributed by atoms with van der Waals surface area (Å²) in [4.78, 5) is 0. The lowest BCUT2D eigenvalue weighted by Gasteiger charge is -2.39. The SMILES string of the molecule is C=C(C)C[C@@]1(Nc2ccccc2OC)CCC=C(C)C1. The lowest BCUT2D eigenvalue weighted by atomic mass is 9.77. The molecule has 0 unspecified atom stereocenters. The Morgan fingerprint density at radius 2 is 2.15 bits per heavy atom. The van der Waals surface area contributed by atoms with Crippen molar-refractivity contribution in [2.75, 3.05) is 12.4 Å². The zero-order valence-corrected chi connectivity index (χ0v) is 12.8. The van der Waals surface area contributed by atoms with E-state index in [-0.39, 0.29) is 5.54 Å². The van der Waals surface area contributed by atoms with E-state index in [1.165, 1.54) is 11.1 Å². The molecule has 20 heavy (non-hydrogen) atoms. The molecule has 2 heteroatoms. The van der Waals surface area contributed by atoms with Crippen LogP contribution in [-0.4, -0.2) is 12.6 Å². The number of hydrogen-bond acceptors (Lipinski definition) is 2. The highest BCUT2D eigenvalue weighted by atomic mass is 16.5. The molecule has 0 heterocycles. The average Bonchev–Trinajstić information content (AvgIpc) is 2.38. The number of methoxy groups -OCH3 is 1. The summed E-state index contributed by atoms with van der Waals surface area (Å²) in [5.74, 6) is 0.904. The minimum Gasteiger partial charge on any atom is -0.495 e. The van der Waals surface area contributed by atoms with Crippen LogP contribution in [-0.2, 0) is 0 Å². The van der Waals surface area contributed by atoms with Gasteiger partial charge in [-0.05, 0) is 51.7 Å². The van der Waals surface area contributed by atoms with Gasteiger partial charge in [0.2, 0.25) is 0 Å². The number of nitrogens with one attached hydrogen (secondary N) is 1. The second kappa shape index (κ2) is 6.17. The van der Waals surface area contributed by atoms with E-state index in [2.05, 4.69) is 37.9 Å². The number of benzene rings is 1. The van der Waals surface area contributed by atoms with E-state index in [0.29, 0.717) is 0 Å². The van der Waals surface area contributed by atoms with Crippen LogP contribution in [0.4, 0.5) is 5.69 Å². The second-order valence-corrected chi connectivity index (χ2v) is 6.01. The highest BCUT2D eigenvalue weighted by Gasteiger charge is 2.32. The monoisotopic (exact) mass is 271 g/mol. The van der Waals surface area contributed by atoms with Gasteiger partial charge in [-0.2, -0.15) is 0 Å². The molecule has 0 saturated heterocycles. The van der Waals surface area contributed by atoms with E-state index in [1.807, 2.05) is 18.2 Å². The summed E-state index contributed by atoms with van der Waals surface area (Å²) in [5.41, 5.74) is 3.83. The molecule has 1 aliphatic carbocycles. The van der Waals surface area contributed by atoms with Gasteiger partial charge in [0.1, 0.15) is 5.75 Å². The highest BCUT2D eigenvalue weighted by Crippen LogP contribution is 2.38. The van der Waals surface area contributed by atoms with E-state index in [1.54, 1.807) is 7.11 Å². The molecule has 1 N–H and O–H groups in total. The van der Waals surface area contributed by atoms with Gasteiger partial charge in [0, 0.05) is 5.54 Å². The molecule has 0 aliphatic heterocycles. The van der Waals surface area contributed by atoms with E-state index >= 15 is 0 Å². The van der Waals surface area contributed by atoms with Crippen LogP contribution in [0.5, 0.6) is 5.75 Å². The fourth-order valence-corrected chi connectivity index (χ4v) is 3.20. The van der Waals surface area contributed by atoms with Crippen molar-refractivity contribution >= 4 is 5.69 Å². The Labute approximate surface area is 122 Å². The third-order valence-electron chi connectivity index (χ3n) is 3.88. The number of hydrogen-bond donors (Lipinski definition) is 1. The third kappa shape index (κ3) is 3.44. The molecule has 2 rings (SSSR count). The van der Waals surface area contributed by atoms with E-state index in [4.69, 9.17) is 4.74 Å². The topological polar surface area (TPSA) is 21.3 Å². The summed E-state index contributed by atoms with van der Waals surface area (Å²) in [6.07, 6.45) is 6.67. The van der Waals surface area contributed by atoms with Crippen LogP contribution in [0.1, 0.15) is 39.5 Å². The number of anilines is 1. The predicted molar refractivity (Wildman–Crippen MR) is 86.4 cm³/mol. The van der Waals surface area contributed by atoms with Gasteiger partial charge in [0.25, 0.3) is 0 Å². The van der Waals surface area contributed by atoms with Crippen LogP contribution in [0.15, 0.2) is 48.1 Å². The number of rotatable bonds is 5. The van der Waals surface area contributed by atoms with Crippen molar-refractivity contribution in [2.24, 2.45) is 0 Å². The van der Waals surface area contributed by atoms with Gasteiger partial charge in [-0.1, -0.05) is 29.4 Å². The Balaban J connectivity index is 2.28. The molecule has 0 saturated carbocycles. The molecule has 0 amide bonds. The molecule has 1 aliphatic rings. The minimum atomic E-state index is 0.0688. The van der Waals surface area contributed by atoms with Gasteiger partial charge < -0.3 is 10.1 Å². The molecule has 0 bridgehead atoms. The smallest absolute Gasteiger partial charge is 0.141 e. The molecule has 0 radical (unpaired) electrons. The first-order valence-electron chi connectivity index (χ1n) is 7.26. The Bertz CT molecular complexity index is 518. The summed E-state index contributed by atoms with van der Waals surface area (Å²) < 4.78 is 5.46. The molecule has 1 aromatic rings. The fraction of sp³-hybridized carbons (Fsp3) is 0.444. The summed E-state index contributed by atoms with van der Waals surface area (Å²) in [7, 11) is 1.72. The Morgan fingerprint density at radius 3 is 2.80 bits per heavy atom. The fourth-order valence-electron chi connectivity index (χ4n) is 3.20. The van der Waals surface area contributed by atoms with E-state index in [0.717, 1.165) is 37.1 Å². The van der Waals surface area contributed by atoms with E-state index in [9.17, 15) is 0 Å². The molecule has 0 fully saturated rings. The summed E-state index contributed by atoms with van der Waals surface area (Å²) >= 11 is 0. The van der Waals surface area contributed by atoms with Crippen LogP contribution in [0, 0.1) is 0 Å². The molecule has 0 spiro atoms. The molecular weight excluding hydrogens is 246 g/mol. The number of para-hydroxylation sites is 2. The number of allylic oxidation sites excluding steroid dienone is 1. The predicted octanol–water partition coefficient (Wildman–Crippen LogP) is 4.94. The Hall–Kier alpha value is -1.70. The maximum atomic E-state index is 5.46. The van der Waals surface area contributed by atoms with Crippen molar-refractivity contribution in [3.8, 4) is 5.75 Å². The third-order valence-corrected chi connectivity index (χ3v) is 3.88. The summed E-state index contributed by atoms with van der Waals surface area (Å²) in [5, 5.41) is 3.75. The Kier molecular flexibility index (Phi) is 4.53. The lowest BCUT2D eigenvalue weighted by Crippen LogP contribution is -2.40. The van der Waals surface area contributed by atoms with E-state index < -0.39 is 0 Å². The van der Waals surface area contributed by atoms with Gasteiger partial charge in [0.05, 0.1) is 12.8 Å². The van der Waals surface area contributed by atoms with Crippen LogP contribution < -0.4 is 10.1 Å². The van der Waals surface area contributed by atoms with Crippen molar-refractivity contribution < 1.29 is 4.74 Å². The normalized spacial score (nSPS) is 22.1. The first-order valence-corrected chi connectivity index (χ1v) is 7.26. The zero-order chi connectivity index (χ0) is 14.6. The largest absolute Gasteiger partial charge is 0.495 e. The van der Waals surface area contributed by atoms with Crippen LogP contribution >= 0.6 is 0 Å². The molecule has 1 aromatic carbocycles. The molecule has 108 valence electrons. The maximum Gasteiger partial charge on any atom is 0.141 e. The van der Waals surface area contributed by atoms with Crippen molar-refractivity contribution in [1.82, 2.24) is 0 Å². The second-order valence-electron chi connectivity index (χ2n) is 6.01. The first kappa shape index (κ1) is 14.7. The Morgan fingerprint density at radius 1 is 1.40 bits per heavy atom. The molecule has 2 nitrogen and oxygen atoms in total. The van der Waals surface area contributed by atoms with Crippen LogP contribution in [0.2, 0.25) is 0 Å². The van der Waals surface area contributed by atoms with Gasteiger partial charge in [-0.3, -0.25) is 0 Å². The van der Waals surface area contributed by atoms with Crippen LogP contribution in [0.3, 0.4) is 0 Å². The standard InChI is InChI=1S/C18H25NO/c1-14(2)12-18(11-7-8-15(3)13-18)19-16-9-5-6-10-17(16)20-4/h5-6,8-10,19H,1,7,11-13H2,2-4H3/t18-/m0/s1. The lowest BCUT2D eigenvalue weighted by molar-refractivity contribution is 0.395. The summed E-state index contributed by atoms with van der Waals surface area (Å²) in [6, 6.07) is 8.14. The first-order chi connectivity index (χ1) is 9.54. The van der Waals surface area contributed by atoms with Gasteiger partial charge in [-0.15, -0.1) is 6.58 Å². The zero-order valence-electron chi connectivity index (χ0n) is 12.8.